The molecule has 4 rings (SSSR count). The SMILES string of the molecule is CC(C)c1cc2c([cH-]1)CCCC2.CC(C)c1cc2c([cH-]1)CCCC2.Cl.Cl.[CH3-].[CH3-].[SiH2]=[Zr]. The Morgan fingerprint density at radius 3 is 1.23 bits per heavy atom. The number of rotatable bonds is 2. The number of halogens is 2. The maximum atomic E-state index is 2.42. The van der Waals surface area contributed by atoms with Gasteiger partial charge in [0.25, 0.3) is 0 Å². The average molecular weight is 547 g/mol. The van der Waals surface area contributed by atoms with E-state index in [1.807, 2.05) is 6.88 Å². The molecule has 2 aliphatic carbocycles. The van der Waals surface area contributed by atoms with Gasteiger partial charge < -0.3 is 14.9 Å². The molecule has 30 heavy (non-hydrogen) atoms. The molecule has 0 unspecified atom stereocenters. The molecule has 2 aliphatic rings. The first-order valence-electron chi connectivity index (χ1n) is 10.5. The summed E-state index contributed by atoms with van der Waals surface area (Å²) in [6.45, 7) is 11.1. The van der Waals surface area contributed by atoms with Crippen molar-refractivity contribution >= 4 is 31.7 Å². The first-order valence-corrected chi connectivity index (χ1v) is 16.4. The quantitative estimate of drug-likeness (QED) is 0.268. The molecule has 0 radical (unpaired) electrons. The topological polar surface area (TPSA) is 0 Å². The summed E-state index contributed by atoms with van der Waals surface area (Å²) < 4.78 is 0. The monoisotopic (exact) mass is 544 g/mol. The summed E-state index contributed by atoms with van der Waals surface area (Å²) in [4.78, 5) is 0. The van der Waals surface area contributed by atoms with E-state index in [0.29, 0.717) is 11.8 Å². The zero-order chi connectivity index (χ0) is 19.1. The van der Waals surface area contributed by atoms with Crippen molar-refractivity contribution in [1.29, 1.82) is 0 Å². The van der Waals surface area contributed by atoms with Crippen LogP contribution in [0.15, 0.2) is 24.3 Å². The molecule has 174 valence electrons. The van der Waals surface area contributed by atoms with Crippen LogP contribution < -0.4 is 0 Å². The third-order valence-electron chi connectivity index (χ3n) is 5.81. The molecule has 0 fully saturated rings. The van der Waals surface area contributed by atoms with Crippen molar-refractivity contribution < 1.29 is 23.3 Å². The van der Waals surface area contributed by atoms with Crippen LogP contribution in [0.1, 0.15) is 98.6 Å². The molecule has 0 saturated heterocycles. The van der Waals surface area contributed by atoms with Crippen molar-refractivity contribution in [3.05, 3.63) is 72.5 Å². The second-order valence-electron chi connectivity index (χ2n) is 8.40. The molecule has 4 heteroatoms. The van der Waals surface area contributed by atoms with E-state index in [9.17, 15) is 0 Å². The van der Waals surface area contributed by atoms with Gasteiger partial charge in [-0.25, -0.2) is 12.1 Å². The Morgan fingerprint density at radius 1 is 0.667 bits per heavy atom. The van der Waals surface area contributed by atoms with Crippen LogP contribution in [-0.2, 0) is 49.0 Å². The zero-order valence-corrected chi connectivity index (χ0v) is 25.6. The van der Waals surface area contributed by atoms with Crippen molar-refractivity contribution in [1.82, 2.24) is 0 Å². The van der Waals surface area contributed by atoms with Gasteiger partial charge in [-0.3, -0.25) is 0 Å². The van der Waals surface area contributed by atoms with Gasteiger partial charge in [0.2, 0.25) is 0 Å². The van der Waals surface area contributed by atoms with Gasteiger partial charge in [0.1, 0.15) is 0 Å². The van der Waals surface area contributed by atoms with E-state index in [-0.39, 0.29) is 39.7 Å². The molecule has 2 aromatic rings. The van der Waals surface area contributed by atoms with E-state index in [2.05, 4.69) is 52.0 Å². The standard InChI is InChI=1S/2C12H17.2CH3.2ClH.H2Si.Zr/c2*1-9(2)12-7-10-5-3-4-6-11(10)8-12;;;;;;/h2*7-9H,3-6H2,1-2H3;2*1H3;2*1H;1H2;/q4*-1;;;;. The Balaban J connectivity index is -0.000000400. The summed E-state index contributed by atoms with van der Waals surface area (Å²) in [6.07, 6.45) is 10.9. The van der Waals surface area contributed by atoms with Crippen LogP contribution >= 0.6 is 24.8 Å². The van der Waals surface area contributed by atoms with Crippen LogP contribution in [0.3, 0.4) is 0 Å². The molecule has 0 atom stereocenters. The van der Waals surface area contributed by atoms with Gasteiger partial charge in [-0.05, 0) is 11.8 Å². The van der Waals surface area contributed by atoms with Crippen molar-refractivity contribution in [2.45, 2.75) is 90.9 Å². The summed E-state index contributed by atoms with van der Waals surface area (Å²) in [5.41, 5.74) is 9.61. The van der Waals surface area contributed by atoms with Crippen LogP contribution in [0.5, 0.6) is 0 Å². The van der Waals surface area contributed by atoms with Crippen molar-refractivity contribution in [3.8, 4) is 0 Å². The van der Waals surface area contributed by atoms with Gasteiger partial charge in [-0.1, -0.05) is 79.1 Å². The third-order valence-corrected chi connectivity index (χ3v) is 5.81. The Bertz CT molecular complexity index is 580. The fourth-order valence-corrected chi connectivity index (χ4v) is 4.12. The fraction of sp³-hybridized carbons (Fsp3) is 0.538. The zero-order valence-electron chi connectivity index (χ0n) is 20.1. The second-order valence-corrected chi connectivity index (χ2v) is 8.40. The van der Waals surface area contributed by atoms with Crippen LogP contribution in [0.4, 0.5) is 0 Å². The predicted octanol–water partition coefficient (Wildman–Crippen LogP) is 7.64. The van der Waals surface area contributed by atoms with Gasteiger partial charge in [-0.2, -0.15) is 45.5 Å². The first-order chi connectivity index (χ1) is 12.5. The predicted molar refractivity (Wildman–Crippen MR) is 141 cm³/mol. The minimum atomic E-state index is 0. The van der Waals surface area contributed by atoms with E-state index in [0.717, 1.165) is 0 Å². The van der Waals surface area contributed by atoms with Gasteiger partial charge in [-0.15, -0.1) is 24.8 Å². The summed E-state index contributed by atoms with van der Waals surface area (Å²) in [6, 6.07) is 9.66. The number of hydrogen-bond acceptors (Lipinski definition) is 0. The average Bonchev–Trinajstić information content (AvgIpc) is 3.28. The van der Waals surface area contributed by atoms with Gasteiger partial charge in [0.05, 0.1) is 0 Å². The maximum absolute atomic E-state index is 2.42. The second kappa shape index (κ2) is 17.9. The molecule has 0 spiro atoms. The van der Waals surface area contributed by atoms with E-state index in [1.54, 1.807) is 56.7 Å². The van der Waals surface area contributed by atoms with Crippen LogP contribution in [0, 0.1) is 14.9 Å². The Morgan fingerprint density at radius 2 is 0.967 bits per heavy atom. The molecule has 0 bridgehead atoms. The van der Waals surface area contributed by atoms with E-state index < -0.39 is 0 Å². The van der Waals surface area contributed by atoms with E-state index in [4.69, 9.17) is 0 Å². The summed E-state index contributed by atoms with van der Waals surface area (Å²) >= 11 is 1.58. The normalized spacial score (nSPS) is 13.4. The molecule has 0 amide bonds. The molecule has 0 saturated carbocycles. The Labute approximate surface area is 217 Å². The molecule has 0 N–H and O–H groups in total. The van der Waals surface area contributed by atoms with Crippen molar-refractivity contribution in [2.75, 3.05) is 0 Å². The van der Waals surface area contributed by atoms with Gasteiger partial charge in [0.15, 0.2) is 0 Å². The molecular formula is C26H44Cl2SiZr-4. The Kier molecular flexibility index (Phi) is 20.8. The Hall–Kier alpha value is 0.380. The molecular weight excluding hydrogens is 503 g/mol. The number of aryl methyl sites for hydroxylation is 4. The van der Waals surface area contributed by atoms with Crippen molar-refractivity contribution in [3.63, 3.8) is 0 Å². The first kappa shape index (κ1) is 35.0. The van der Waals surface area contributed by atoms with E-state index >= 15 is 0 Å². The molecule has 0 nitrogen and oxygen atoms in total. The van der Waals surface area contributed by atoms with Crippen LogP contribution in [0.25, 0.3) is 0 Å². The van der Waals surface area contributed by atoms with Crippen LogP contribution in [0.2, 0.25) is 0 Å². The van der Waals surface area contributed by atoms with Crippen LogP contribution in [-0.4, -0.2) is 6.88 Å². The summed E-state index contributed by atoms with van der Waals surface area (Å²) in [7, 11) is 0. The summed E-state index contributed by atoms with van der Waals surface area (Å²) in [5.74, 6) is 1.41. The van der Waals surface area contributed by atoms with Crippen molar-refractivity contribution in [2.24, 2.45) is 0 Å². The minimum absolute atomic E-state index is 0. The fourth-order valence-electron chi connectivity index (χ4n) is 4.12. The van der Waals surface area contributed by atoms with Gasteiger partial charge >= 0.3 is 30.2 Å². The third kappa shape index (κ3) is 9.89. The number of hydrogen-bond donors (Lipinski definition) is 0. The summed E-state index contributed by atoms with van der Waals surface area (Å²) in [5, 5.41) is 0. The van der Waals surface area contributed by atoms with Gasteiger partial charge in [0, 0.05) is 0 Å². The van der Waals surface area contributed by atoms with E-state index in [1.165, 1.54) is 51.4 Å². The molecule has 0 aliphatic heterocycles. The number of fused-ring (bicyclic) bond motifs is 2. The molecule has 0 aromatic heterocycles. The molecule has 2 aromatic carbocycles. The molecule has 0 heterocycles.